The zero-order valence-electron chi connectivity index (χ0n) is 22.0. The number of benzene rings is 1. The molecule has 42 heavy (non-hydrogen) atoms. The summed E-state index contributed by atoms with van der Waals surface area (Å²) in [4.78, 5) is 80.4. The van der Waals surface area contributed by atoms with Crippen LogP contribution >= 0.6 is 22.9 Å². The van der Waals surface area contributed by atoms with E-state index in [1.807, 2.05) is 0 Å². The molecule has 0 spiro atoms. The van der Waals surface area contributed by atoms with Gasteiger partial charge in [-0.2, -0.15) is 0 Å². The first-order chi connectivity index (χ1) is 19.8. The summed E-state index contributed by atoms with van der Waals surface area (Å²) in [5, 5.41) is 25.8. The van der Waals surface area contributed by atoms with Crippen molar-refractivity contribution in [3.63, 3.8) is 0 Å². The van der Waals surface area contributed by atoms with Crippen LogP contribution in [0.4, 0.5) is 15.6 Å². The van der Waals surface area contributed by atoms with Gasteiger partial charge >= 0.3 is 12.0 Å². The number of nitro groups is 1. The lowest BCUT2D eigenvalue weighted by Gasteiger charge is -2.36. The van der Waals surface area contributed by atoms with Crippen LogP contribution in [-0.2, 0) is 35.4 Å². The summed E-state index contributed by atoms with van der Waals surface area (Å²) in [6.45, 7) is 2.35. The number of nitrogens with zero attached hydrogens (tertiary/aromatic N) is 3. The minimum absolute atomic E-state index is 0.0616. The minimum atomic E-state index is -1.74. The molecule has 0 aliphatic carbocycles. The molecule has 0 saturated carbocycles. The van der Waals surface area contributed by atoms with E-state index >= 15 is 0 Å². The highest BCUT2D eigenvalue weighted by molar-refractivity contribution is 7.14. The molecule has 224 valence electrons. The summed E-state index contributed by atoms with van der Waals surface area (Å²) in [5.41, 5.74) is 3.15. The van der Waals surface area contributed by atoms with Crippen LogP contribution in [0.1, 0.15) is 25.1 Å². The number of rotatable bonds is 13. The molecule has 17 nitrogen and oxygen atoms in total. The molecular weight excluding hydrogens is 600 g/mol. The smallest absolute Gasteiger partial charge is 0.353 e. The van der Waals surface area contributed by atoms with Crippen molar-refractivity contribution in [2.24, 2.45) is 10.9 Å². The third-order valence-electron chi connectivity index (χ3n) is 5.50. The van der Waals surface area contributed by atoms with Gasteiger partial charge in [0, 0.05) is 24.1 Å². The number of carbonyl (C=O) groups excluding carboxylic acids is 5. The fourth-order valence-electron chi connectivity index (χ4n) is 3.23. The number of aromatic nitrogens is 1. The number of amides is 5. The molecule has 1 aromatic carbocycles. The van der Waals surface area contributed by atoms with Crippen molar-refractivity contribution < 1.29 is 38.5 Å². The van der Waals surface area contributed by atoms with Crippen LogP contribution in [0.5, 0.6) is 0 Å². The molecule has 1 aromatic heterocycles. The number of primary amides is 1. The molecular formula is C23H25ClN8O9S. The number of β-lactam (4-membered cyclic amide) rings is 1. The third kappa shape index (κ3) is 8.33. The summed E-state index contributed by atoms with van der Waals surface area (Å²) in [5.74, 6) is -3.23. The van der Waals surface area contributed by atoms with Crippen LogP contribution in [0.3, 0.4) is 0 Å². The van der Waals surface area contributed by atoms with Crippen molar-refractivity contribution in [3.8, 4) is 0 Å². The van der Waals surface area contributed by atoms with Crippen molar-refractivity contribution in [2.45, 2.75) is 38.1 Å². The van der Waals surface area contributed by atoms with Gasteiger partial charge in [-0.25, -0.2) is 14.6 Å². The predicted molar refractivity (Wildman–Crippen MR) is 148 cm³/mol. The van der Waals surface area contributed by atoms with Gasteiger partial charge < -0.3 is 36.6 Å². The van der Waals surface area contributed by atoms with Crippen LogP contribution in [-0.4, -0.2) is 75.5 Å². The van der Waals surface area contributed by atoms with Gasteiger partial charge in [-0.3, -0.25) is 24.5 Å². The fraction of sp³-hybridized carbons (Fsp3) is 0.348. The lowest BCUT2D eigenvalue weighted by atomic mass is 9.98. The van der Waals surface area contributed by atoms with Crippen molar-refractivity contribution in [2.75, 3.05) is 17.7 Å². The van der Waals surface area contributed by atoms with E-state index in [0.29, 0.717) is 5.56 Å². The van der Waals surface area contributed by atoms with Gasteiger partial charge in [0.05, 0.1) is 11.0 Å². The van der Waals surface area contributed by atoms with Gasteiger partial charge in [0.2, 0.25) is 17.4 Å². The molecule has 0 radical (unpaired) electrons. The van der Waals surface area contributed by atoms with Crippen LogP contribution < -0.4 is 27.0 Å². The zero-order valence-corrected chi connectivity index (χ0v) is 23.6. The fourth-order valence-corrected chi connectivity index (χ4v) is 4.01. The quantitative estimate of drug-likeness (QED) is 0.0503. The Bertz CT molecular complexity index is 1410. The van der Waals surface area contributed by atoms with Gasteiger partial charge in [0.1, 0.15) is 24.2 Å². The Morgan fingerprint density at radius 3 is 2.55 bits per heavy atom. The van der Waals surface area contributed by atoms with Gasteiger partial charge in [-0.1, -0.05) is 5.16 Å². The predicted octanol–water partition coefficient (Wildman–Crippen LogP) is 0.123. The number of non-ortho nitro benzene ring substituents is 1. The number of halogens is 1. The van der Waals surface area contributed by atoms with E-state index in [4.69, 9.17) is 26.9 Å². The summed E-state index contributed by atoms with van der Waals surface area (Å²) in [6.07, 6.45) is 0. The number of anilines is 1. The first-order valence-corrected chi connectivity index (χ1v) is 13.3. The zero-order chi connectivity index (χ0) is 31.0. The van der Waals surface area contributed by atoms with E-state index in [2.05, 4.69) is 31.4 Å². The topological polar surface area (TPSA) is 246 Å². The third-order valence-corrected chi connectivity index (χ3v) is 6.50. The number of urea groups is 1. The van der Waals surface area contributed by atoms with Crippen LogP contribution in [0.15, 0.2) is 34.8 Å². The Kier molecular flexibility index (Phi) is 10.3. The normalized spacial score (nSPS) is 16.4. The minimum Gasteiger partial charge on any atom is -0.458 e. The van der Waals surface area contributed by atoms with Gasteiger partial charge in [0.25, 0.3) is 11.6 Å². The monoisotopic (exact) mass is 624 g/mol. The van der Waals surface area contributed by atoms with E-state index < -0.39 is 58.0 Å². The Labute approximate surface area is 246 Å². The summed E-state index contributed by atoms with van der Waals surface area (Å²) in [7, 11) is 0. The Balaban J connectivity index is 1.76. The number of nitrogens with two attached hydrogens (primary N) is 1. The van der Waals surface area contributed by atoms with Gasteiger partial charge in [0.15, 0.2) is 10.8 Å². The molecule has 3 rings (SSSR count). The molecule has 2 heterocycles. The average molecular weight is 625 g/mol. The Hall–Kier alpha value is -4.84. The van der Waals surface area contributed by atoms with Gasteiger partial charge in [-0.15, -0.1) is 22.9 Å². The standard InChI is InChI=1S/C23H25ClN8O9S/c1-23(2,20(36)40-9-11-3-5-12(6-4-11)32(38)39)41-31-17(14-10-42-22(28-14)29-15(33)7-24)19(35)30-16-13(27-18(16)34)8-26-21(25)37/h3-6,10,13,16H,7-9H2,1-2H3,(H,27,34)(H,30,35)(H3,25,26,37)(H,28,29,33)/b31-17-. The lowest BCUT2D eigenvalue weighted by molar-refractivity contribution is -0.384. The highest BCUT2D eigenvalue weighted by atomic mass is 35.5. The summed E-state index contributed by atoms with van der Waals surface area (Å²) >= 11 is 6.45. The number of ether oxygens (including phenoxy) is 1. The number of hydrogen-bond donors (Lipinski definition) is 5. The molecule has 1 saturated heterocycles. The SMILES string of the molecule is CC(C)(O/N=C(\C(=O)NC1C(=O)NC1CNC(N)=O)c1csc(NC(=O)CCl)n1)C(=O)OCc1ccc([N+](=O)[O-])cc1. The molecule has 2 unspecified atom stereocenters. The molecule has 1 aliphatic rings. The number of hydrogen-bond acceptors (Lipinski definition) is 12. The van der Waals surface area contributed by atoms with E-state index in [9.17, 15) is 34.1 Å². The van der Waals surface area contributed by atoms with Crippen molar-refractivity contribution in [1.29, 1.82) is 0 Å². The number of thiazole rings is 1. The van der Waals surface area contributed by atoms with Crippen molar-refractivity contribution >= 4 is 69.2 Å². The number of alkyl halides is 1. The second-order valence-electron chi connectivity index (χ2n) is 9.07. The number of nitrogens with one attached hydrogen (secondary N) is 4. The molecule has 0 bridgehead atoms. The molecule has 2 atom stereocenters. The maximum Gasteiger partial charge on any atom is 0.353 e. The first kappa shape index (κ1) is 31.7. The second-order valence-corrected chi connectivity index (χ2v) is 10.2. The number of nitro benzene ring substituents is 1. The molecule has 19 heteroatoms. The average Bonchev–Trinajstić information content (AvgIpc) is 3.40. The summed E-state index contributed by atoms with van der Waals surface area (Å²) < 4.78 is 5.24. The number of oxime groups is 1. The second kappa shape index (κ2) is 13.7. The Morgan fingerprint density at radius 1 is 1.26 bits per heavy atom. The molecule has 1 fully saturated rings. The van der Waals surface area contributed by atoms with Crippen molar-refractivity contribution in [3.05, 3.63) is 51.0 Å². The molecule has 5 amide bonds. The first-order valence-electron chi connectivity index (χ1n) is 11.9. The summed E-state index contributed by atoms with van der Waals surface area (Å²) in [6, 6.07) is 2.80. The molecule has 6 N–H and O–H groups in total. The van der Waals surface area contributed by atoms with E-state index in [1.54, 1.807) is 0 Å². The number of carbonyl (C=O) groups is 5. The van der Waals surface area contributed by atoms with E-state index in [1.165, 1.54) is 43.5 Å². The highest BCUT2D eigenvalue weighted by Crippen LogP contribution is 2.20. The van der Waals surface area contributed by atoms with Crippen molar-refractivity contribution in [1.82, 2.24) is 20.9 Å². The van der Waals surface area contributed by atoms with E-state index in [-0.39, 0.29) is 35.5 Å². The molecule has 2 aromatic rings. The van der Waals surface area contributed by atoms with Crippen LogP contribution in [0.25, 0.3) is 0 Å². The highest BCUT2D eigenvalue weighted by Gasteiger charge is 2.41. The van der Waals surface area contributed by atoms with Crippen LogP contribution in [0.2, 0.25) is 0 Å². The molecule has 1 aliphatic heterocycles. The largest absolute Gasteiger partial charge is 0.458 e. The van der Waals surface area contributed by atoms with Gasteiger partial charge in [-0.05, 0) is 31.5 Å². The Morgan fingerprint density at radius 2 is 1.95 bits per heavy atom. The maximum absolute atomic E-state index is 13.2. The number of esters is 1. The van der Waals surface area contributed by atoms with E-state index in [0.717, 1.165) is 11.3 Å². The van der Waals surface area contributed by atoms with Crippen LogP contribution in [0, 0.1) is 10.1 Å². The maximum atomic E-state index is 13.2. The lowest BCUT2D eigenvalue weighted by Crippen LogP contribution is -2.72.